The van der Waals surface area contributed by atoms with Crippen molar-refractivity contribution in [1.82, 2.24) is 0 Å². The average molecular weight is 493 g/mol. The van der Waals surface area contributed by atoms with Gasteiger partial charge in [0.05, 0.1) is 0 Å². The predicted octanol–water partition coefficient (Wildman–Crippen LogP) is 5.84. The number of anilines is 2. The van der Waals surface area contributed by atoms with E-state index in [4.69, 9.17) is 0 Å². The van der Waals surface area contributed by atoms with Crippen LogP contribution in [0.5, 0.6) is 0 Å². The lowest BCUT2D eigenvalue weighted by Crippen LogP contribution is -2.63. The van der Waals surface area contributed by atoms with Crippen LogP contribution in [-0.4, -0.2) is 38.4 Å². The molecule has 2 aromatic rings. The van der Waals surface area contributed by atoms with E-state index in [-0.39, 0.29) is 0 Å². The van der Waals surface area contributed by atoms with E-state index >= 15 is 0 Å². The molecular formula is C32H48N2O2-2. The first-order chi connectivity index (χ1) is 17.5. The zero-order chi connectivity index (χ0) is 25.9. The minimum absolute atomic E-state index is 0.450. The summed E-state index contributed by atoms with van der Waals surface area (Å²) in [5, 5.41) is 26.5. The Morgan fingerprint density at radius 3 is 1.03 bits per heavy atom. The zero-order valence-corrected chi connectivity index (χ0v) is 23.1. The number of rotatable bonds is 16. The Morgan fingerprint density at radius 1 is 0.500 bits per heavy atom. The number of hydrogen-bond donors (Lipinski definition) is 0. The third-order valence-corrected chi connectivity index (χ3v) is 7.83. The van der Waals surface area contributed by atoms with Crippen molar-refractivity contribution in [2.24, 2.45) is 0 Å². The lowest BCUT2D eigenvalue weighted by molar-refractivity contribution is -0.536. The smallest absolute Gasteiger partial charge is 0.0366 e. The molecule has 0 unspecified atom stereocenters. The van der Waals surface area contributed by atoms with Gasteiger partial charge in [-0.1, -0.05) is 77.6 Å². The largest absolute Gasteiger partial charge is 0.851 e. The van der Waals surface area contributed by atoms with Gasteiger partial charge in [0.15, 0.2) is 0 Å². The molecule has 0 heterocycles. The maximum Gasteiger partial charge on any atom is 0.0366 e. The van der Waals surface area contributed by atoms with Crippen LogP contribution >= 0.6 is 0 Å². The second kappa shape index (κ2) is 14.6. The van der Waals surface area contributed by atoms with Crippen LogP contribution in [-0.2, 0) is 0 Å². The summed E-state index contributed by atoms with van der Waals surface area (Å²) in [5.41, 5.74) is 4.21. The molecule has 4 heteroatoms. The SMILES string of the molecule is CCCCN(CCCC)c1ccc(C2C([O-])C(c3ccc(N(CCCC)CCCC)cc3)C2[O-])cc1. The van der Waals surface area contributed by atoms with E-state index in [9.17, 15) is 10.2 Å². The van der Waals surface area contributed by atoms with Crippen molar-refractivity contribution >= 4 is 11.4 Å². The van der Waals surface area contributed by atoms with E-state index in [2.05, 4.69) is 61.8 Å². The van der Waals surface area contributed by atoms with Crippen molar-refractivity contribution in [1.29, 1.82) is 0 Å². The molecule has 2 aromatic carbocycles. The molecule has 0 amide bonds. The van der Waals surface area contributed by atoms with Gasteiger partial charge in [0, 0.05) is 37.6 Å². The summed E-state index contributed by atoms with van der Waals surface area (Å²) in [6, 6.07) is 16.6. The fourth-order valence-electron chi connectivity index (χ4n) is 5.38. The molecule has 1 saturated carbocycles. The molecule has 4 nitrogen and oxygen atoms in total. The van der Waals surface area contributed by atoms with Crippen LogP contribution in [0, 0.1) is 0 Å². The van der Waals surface area contributed by atoms with E-state index in [1.807, 2.05) is 24.3 Å². The topological polar surface area (TPSA) is 52.6 Å². The second-order valence-electron chi connectivity index (χ2n) is 10.6. The normalized spacial score (nSPS) is 21.3. The fraction of sp³-hybridized carbons (Fsp3) is 0.625. The monoisotopic (exact) mass is 492 g/mol. The number of hydrogen-bond acceptors (Lipinski definition) is 4. The van der Waals surface area contributed by atoms with Crippen molar-refractivity contribution in [3.05, 3.63) is 59.7 Å². The molecule has 0 N–H and O–H groups in total. The van der Waals surface area contributed by atoms with Gasteiger partial charge in [0.25, 0.3) is 0 Å². The van der Waals surface area contributed by atoms with Crippen LogP contribution in [0.2, 0.25) is 0 Å². The molecule has 1 fully saturated rings. The predicted molar refractivity (Wildman–Crippen MR) is 150 cm³/mol. The summed E-state index contributed by atoms with van der Waals surface area (Å²) >= 11 is 0. The first kappa shape index (κ1) is 28.5. The number of benzene rings is 2. The van der Waals surface area contributed by atoms with E-state index in [0.717, 1.165) is 37.3 Å². The second-order valence-corrected chi connectivity index (χ2v) is 10.6. The van der Waals surface area contributed by atoms with Gasteiger partial charge in [-0.2, -0.15) is 0 Å². The Kier molecular flexibility index (Phi) is 11.6. The summed E-state index contributed by atoms with van der Waals surface area (Å²) in [7, 11) is 0. The van der Waals surface area contributed by atoms with E-state index in [0.29, 0.717) is 0 Å². The van der Waals surface area contributed by atoms with Crippen molar-refractivity contribution in [3.63, 3.8) is 0 Å². The molecule has 0 radical (unpaired) electrons. The lowest BCUT2D eigenvalue weighted by Gasteiger charge is -2.61. The molecule has 0 atom stereocenters. The molecule has 0 bridgehead atoms. The first-order valence-electron chi connectivity index (χ1n) is 14.6. The van der Waals surface area contributed by atoms with Crippen molar-refractivity contribution in [2.75, 3.05) is 36.0 Å². The minimum atomic E-state index is -0.878. The van der Waals surface area contributed by atoms with Crippen molar-refractivity contribution in [3.8, 4) is 0 Å². The minimum Gasteiger partial charge on any atom is -0.851 e. The molecule has 0 saturated heterocycles. The Labute approximate surface area is 220 Å². The van der Waals surface area contributed by atoms with Gasteiger partial charge in [0.2, 0.25) is 0 Å². The van der Waals surface area contributed by atoms with Crippen LogP contribution in [0.15, 0.2) is 48.5 Å². The Hall–Kier alpha value is -2.04. The van der Waals surface area contributed by atoms with Gasteiger partial charge in [0.1, 0.15) is 0 Å². The molecule has 1 aliphatic carbocycles. The molecule has 3 rings (SSSR count). The molecule has 200 valence electrons. The van der Waals surface area contributed by atoms with Crippen LogP contribution < -0.4 is 20.0 Å². The van der Waals surface area contributed by atoms with E-state index in [1.54, 1.807) is 0 Å². The third-order valence-electron chi connectivity index (χ3n) is 7.83. The van der Waals surface area contributed by atoms with Crippen LogP contribution in [0.4, 0.5) is 11.4 Å². The van der Waals surface area contributed by atoms with E-state index < -0.39 is 24.0 Å². The lowest BCUT2D eigenvalue weighted by atomic mass is 9.63. The van der Waals surface area contributed by atoms with Crippen molar-refractivity contribution in [2.45, 2.75) is 103 Å². The zero-order valence-electron chi connectivity index (χ0n) is 23.1. The summed E-state index contributed by atoms with van der Waals surface area (Å²) < 4.78 is 0. The summed E-state index contributed by atoms with van der Waals surface area (Å²) in [6.45, 7) is 13.1. The van der Waals surface area contributed by atoms with Gasteiger partial charge < -0.3 is 20.0 Å². The van der Waals surface area contributed by atoms with Gasteiger partial charge in [-0.3, -0.25) is 0 Å². The average Bonchev–Trinajstić information content (AvgIpc) is 2.90. The molecular weight excluding hydrogens is 444 g/mol. The highest BCUT2D eigenvalue weighted by atomic mass is 16.3. The quantitative estimate of drug-likeness (QED) is 0.295. The number of unbranched alkanes of at least 4 members (excludes halogenated alkanes) is 4. The highest BCUT2D eigenvalue weighted by molar-refractivity contribution is 5.51. The van der Waals surface area contributed by atoms with Gasteiger partial charge in [-0.25, -0.2) is 0 Å². The summed E-state index contributed by atoms with van der Waals surface area (Å²) in [5.74, 6) is -0.900. The Balaban J connectivity index is 1.66. The summed E-state index contributed by atoms with van der Waals surface area (Å²) in [6.07, 6.45) is 7.65. The van der Waals surface area contributed by atoms with Crippen LogP contribution in [0.25, 0.3) is 0 Å². The van der Waals surface area contributed by atoms with Crippen molar-refractivity contribution < 1.29 is 10.2 Å². The summed E-state index contributed by atoms with van der Waals surface area (Å²) in [4.78, 5) is 4.88. The molecule has 1 aliphatic rings. The first-order valence-corrected chi connectivity index (χ1v) is 14.6. The van der Waals surface area contributed by atoms with Gasteiger partial charge in [-0.15, -0.1) is 12.2 Å². The van der Waals surface area contributed by atoms with E-state index in [1.165, 1.54) is 62.7 Å². The molecule has 0 aromatic heterocycles. The Bertz CT molecular complexity index is 769. The Morgan fingerprint density at radius 2 is 0.778 bits per heavy atom. The molecule has 0 spiro atoms. The standard InChI is InChI=1S/C32H48N2O2/c1-5-9-21-33(22-10-6-2)27-17-13-25(14-18-27)29-31(35)30(32(29)36)26-15-19-28(20-16-26)34(23-11-7-3)24-12-8-4/h13-20,29-32H,5-12,21-24H2,1-4H3/q-2. The number of nitrogens with zero attached hydrogens (tertiary/aromatic N) is 2. The highest BCUT2D eigenvalue weighted by Gasteiger charge is 2.38. The fourth-order valence-corrected chi connectivity index (χ4v) is 5.38. The van der Waals surface area contributed by atoms with Crippen LogP contribution in [0.1, 0.15) is 102 Å². The third kappa shape index (κ3) is 7.04. The maximum atomic E-state index is 13.2. The molecule has 36 heavy (non-hydrogen) atoms. The van der Waals surface area contributed by atoms with Crippen LogP contribution in [0.3, 0.4) is 0 Å². The maximum absolute atomic E-state index is 13.2. The highest BCUT2D eigenvalue weighted by Crippen LogP contribution is 2.45. The van der Waals surface area contributed by atoms with Gasteiger partial charge in [-0.05, 0) is 72.9 Å². The molecule has 0 aliphatic heterocycles. The van der Waals surface area contributed by atoms with Gasteiger partial charge >= 0.3 is 0 Å².